The van der Waals surface area contributed by atoms with Crippen molar-refractivity contribution in [3.8, 4) is 5.75 Å². The molecule has 1 aromatic rings. The molecule has 0 spiro atoms. The average molecular weight is 346 g/mol. The van der Waals surface area contributed by atoms with Gasteiger partial charge in [0.2, 0.25) is 0 Å². The predicted octanol–water partition coefficient (Wildman–Crippen LogP) is 4.00. The van der Waals surface area contributed by atoms with Crippen molar-refractivity contribution in [3.63, 3.8) is 0 Å². The second-order valence-corrected chi connectivity index (χ2v) is 7.56. The summed E-state index contributed by atoms with van der Waals surface area (Å²) in [4.78, 5) is 14.4. The minimum atomic E-state index is -0.511. The zero-order chi connectivity index (χ0) is 18.6. The van der Waals surface area contributed by atoms with Gasteiger partial charge in [0.15, 0.2) is 0 Å². The van der Waals surface area contributed by atoms with Crippen molar-refractivity contribution in [1.82, 2.24) is 10.2 Å². The van der Waals surface area contributed by atoms with E-state index in [9.17, 15) is 4.79 Å². The van der Waals surface area contributed by atoms with Gasteiger partial charge in [0.1, 0.15) is 11.4 Å². The summed E-state index contributed by atoms with van der Waals surface area (Å²) in [6.07, 6.45) is 2.83. The van der Waals surface area contributed by atoms with Crippen molar-refractivity contribution in [2.24, 2.45) is 0 Å². The second kappa shape index (κ2) is 7.91. The monoisotopic (exact) mass is 346 g/mol. The normalized spacial score (nSPS) is 16.8. The molecule has 0 unspecified atom stereocenters. The van der Waals surface area contributed by atoms with Gasteiger partial charge in [0.25, 0.3) is 0 Å². The molecular formula is C20H30N2O3. The first kappa shape index (κ1) is 19.3. The van der Waals surface area contributed by atoms with Gasteiger partial charge in [-0.3, -0.25) is 0 Å². The van der Waals surface area contributed by atoms with E-state index in [4.69, 9.17) is 9.47 Å². The Morgan fingerprint density at radius 2 is 2.04 bits per heavy atom. The van der Waals surface area contributed by atoms with Crippen LogP contribution in [0.3, 0.4) is 0 Å². The molecule has 0 aliphatic carbocycles. The largest absolute Gasteiger partial charge is 0.497 e. The van der Waals surface area contributed by atoms with Crippen LogP contribution in [0.1, 0.15) is 51.3 Å². The van der Waals surface area contributed by atoms with Crippen LogP contribution in [-0.4, -0.2) is 43.8 Å². The highest BCUT2D eigenvalue weighted by Crippen LogP contribution is 2.32. The van der Waals surface area contributed by atoms with Gasteiger partial charge < -0.3 is 19.7 Å². The fraction of sp³-hybridized carbons (Fsp3) is 0.550. The van der Waals surface area contributed by atoms with E-state index in [1.807, 2.05) is 39.8 Å². The van der Waals surface area contributed by atoms with E-state index >= 15 is 0 Å². The molecule has 138 valence electrons. The van der Waals surface area contributed by atoms with Gasteiger partial charge in [-0.05, 0) is 70.0 Å². The number of hydrogen-bond acceptors (Lipinski definition) is 4. The third-order valence-electron chi connectivity index (χ3n) is 4.22. The van der Waals surface area contributed by atoms with Crippen molar-refractivity contribution >= 4 is 11.7 Å². The van der Waals surface area contributed by atoms with Crippen LogP contribution in [0.4, 0.5) is 4.79 Å². The minimum absolute atomic E-state index is 0.156. The molecule has 2 rings (SSSR count). The molecule has 0 saturated carbocycles. The molecule has 0 radical (unpaired) electrons. The van der Waals surface area contributed by atoms with Crippen LogP contribution in [0.25, 0.3) is 5.57 Å². The van der Waals surface area contributed by atoms with Crippen molar-refractivity contribution in [3.05, 3.63) is 35.4 Å². The summed E-state index contributed by atoms with van der Waals surface area (Å²) in [5.74, 6) is 0.822. The Morgan fingerprint density at radius 1 is 1.32 bits per heavy atom. The van der Waals surface area contributed by atoms with Crippen LogP contribution >= 0.6 is 0 Å². The molecule has 1 amide bonds. The molecule has 0 saturated heterocycles. The number of ether oxygens (including phenoxy) is 2. The molecule has 1 atom stereocenters. The van der Waals surface area contributed by atoms with Crippen LogP contribution in [0.5, 0.6) is 5.75 Å². The van der Waals surface area contributed by atoms with Gasteiger partial charge in [-0.15, -0.1) is 0 Å². The molecule has 0 bridgehead atoms. The standard InChI is InChI=1S/C20H30N2O3/c1-14(21-19(23)25-20(2,3)4)17-8-7-16(24-6)13-18(17)15-9-11-22(5)12-10-15/h7-9,13-14H,10-12H2,1-6H3,(H,21,23)/t14-/m1/s1. The number of hydrogen-bond donors (Lipinski definition) is 1. The number of benzene rings is 1. The van der Waals surface area contributed by atoms with Crippen molar-refractivity contribution in [2.45, 2.75) is 45.8 Å². The van der Waals surface area contributed by atoms with Crippen molar-refractivity contribution in [1.29, 1.82) is 0 Å². The maximum atomic E-state index is 12.1. The Labute approximate surface area is 151 Å². The number of nitrogens with zero attached hydrogens (tertiary/aromatic N) is 1. The van der Waals surface area contributed by atoms with Gasteiger partial charge >= 0.3 is 6.09 Å². The maximum absolute atomic E-state index is 12.1. The van der Waals surface area contributed by atoms with E-state index in [1.54, 1.807) is 7.11 Å². The van der Waals surface area contributed by atoms with Crippen LogP contribution in [-0.2, 0) is 4.74 Å². The van der Waals surface area contributed by atoms with Crippen molar-refractivity contribution in [2.75, 3.05) is 27.2 Å². The molecule has 0 fully saturated rings. The first-order valence-corrected chi connectivity index (χ1v) is 8.75. The number of carbonyl (C=O) groups is 1. The highest BCUT2D eigenvalue weighted by atomic mass is 16.6. The van der Waals surface area contributed by atoms with E-state index in [0.29, 0.717) is 0 Å². The Balaban J connectivity index is 2.26. The Hall–Kier alpha value is -2.01. The Kier molecular flexibility index (Phi) is 6.11. The van der Waals surface area contributed by atoms with E-state index in [1.165, 1.54) is 5.57 Å². The smallest absolute Gasteiger partial charge is 0.408 e. The average Bonchev–Trinajstić information content (AvgIpc) is 2.53. The summed E-state index contributed by atoms with van der Waals surface area (Å²) in [6, 6.07) is 5.85. The molecule has 1 N–H and O–H groups in total. The lowest BCUT2D eigenvalue weighted by atomic mass is 9.91. The van der Waals surface area contributed by atoms with Gasteiger partial charge in [-0.2, -0.15) is 0 Å². The molecule has 5 heteroatoms. The topological polar surface area (TPSA) is 50.8 Å². The van der Waals surface area contributed by atoms with Gasteiger partial charge in [0, 0.05) is 13.1 Å². The minimum Gasteiger partial charge on any atom is -0.497 e. The van der Waals surface area contributed by atoms with E-state index in [2.05, 4.69) is 29.4 Å². The number of carbonyl (C=O) groups excluding carboxylic acids is 1. The third-order valence-corrected chi connectivity index (χ3v) is 4.22. The second-order valence-electron chi connectivity index (χ2n) is 7.56. The van der Waals surface area contributed by atoms with Crippen molar-refractivity contribution < 1.29 is 14.3 Å². The lowest BCUT2D eigenvalue weighted by Crippen LogP contribution is -2.34. The lowest BCUT2D eigenvalue weighted by molar-refractivity contribution is 0.0508. The van der Waals surface area contributed by atoms with Crippen LogP contribution in [0.2, 0.25) is 0 Å². The SMILES string of the molecule is COc1ccc([C@@H](C)NC(=O)OC(C)(C)C)c(C2=CCN(C)CC2)c1. The summed E-state index contributed by atoms with van der Waals surface area (Å²) in [6.45, 7) is 9.51. The quantitative estimate of drug-likeness (QED) is 0.895. The zero-order valence-corrected chi connectivity index (χ0v) is 16.2. The number of methoxy groups -OCH3 is 1. The number of alkyl carbamates (subject to hydrolysis) is 1. The number of likely N-dealkylation sites (N-methyl/N-ethyl adjacent to an activating group) is 1. The number of amides is 1. The molecule has 1 heterocycles. The Bertz CT molecular complexity index is 647. The number of nitrogens with one attached hydrogen (secondary N) is 1. The van der Waals surface area contributed by atoms with Crippen LogP contribution < -0.4 is 10.1 Å². The lowest BCUT2D eigenvalue weighted by Gasteiger charge is -2.26. The summed E-state index contributed by atoms with van der Waals surface area (Å²) >= 11 is 0. The zero-order valence-electron chi connectivity index (χ0n) is 16.2. The first-order valence-electron chi connectivity index (χ1n) is 8.75. The van der Waals surface area contributed by atoms with E-state index < -0.39 is 11.7 Å². The van der Waals surface area contributed by atoms with Crippen LogP contribution in [0.15, 0.2) is 24.3 Å². The highest BCUT2D eigenvalue weighted by Gasteiger charge is 2.21. The summed E-state index contributed by atoms with van der Waals surface area (Å²) in [7, 11) is 3.79. The summed E-state index contributed by atoms with van der Waals surface area (Å²) in [5.41, 5.74) is 2.99. The maximum Gasteiger partial charge on any atom is 0.408 e. The highest BCUT2D eigenvalue weighted by molar-refractivity contribution is 5.73. The predicted molar refractivity (Wildman–Crippen MR) is 101 cm³/mol. The fourth-order valence-corrected chi connectivity index (χ4v) is 2.90. The number of rotatable bonds is 4. The molecule has 25 heavy (non-hydrogen) atoms. The molecule has 1 aliphatic heterocycles. The first-order chi connectivity index (χ1) is 11.7. The van der Waals surface area contributed by atoms with Crippen LogP contribution in [0, 0.1) is 0 Å². The molecule has 5 nitrogen and oxygen atoms in total. The molecule has 1 aliphatic rings. The summed E-state index contributed by atoms with van der Waals surface area (Å²) < 4.78 is 10.8. The molecule has 0 aromatic heterocycles. The van der Waals surface area contributed by atoms with Gasteiger partial charge in [-0.25, -0.2) is 4.79 Å². The van der Waals surface area contributed by atoms with E-state index in [-0.39, 0.29) is 6.04 Å². The van der Waals surface area contributed by atoms with Gasteiger partial charge in [0.05, 0.1) is 13.2 Å². The van der Waals surface area contributed by atoms with Gasteiger partial charge in [-0.1, -0.05) is 12.1 Å². The van der Waals surface area contributed by atoms with E-state index in [0.717, 1.165) is 36.4 Å². The third kappa shape index (κ3) is 5.49. The molecule has 1 aromatic carbocycles. The fourth-order valence-electron chi connectivity index (χ4n) is 2.90. The Morgan fingerprint density at radius 3 is 2.60 bits per heavy atom. The molecular weight excluding hydrogens is 316 g/mol. The summed E-state index contributed by atoms with van der Waals surface area (Å²) in [5, 5.41) is 2.94.